The molecule has 2 N–H and O–H groups in total. The number of nitrogens with zero attached hydrogens (tertiary/aromatic N) is 1. The number of piperidine rings is 1. The van der Waals surface area contributed by atoms with E-state index in [-0.39, 0.29) is 49.2 Å². The molecule has 1 aromatic rings. The van der Waals surface area contributed by atoms with E-state index in [0.29, 0.717) is 47.8 Å². The fourth-order valence-corrected chi connectivity index (χ4v) is 6.55. The molecule has 0 aromatic heterocycles. The Balaban J connectivity index is 1.12. The highest BCUT2D eigenvalue weighted by Gasteiger charge is 2.41. The summed E-state index contributed by atoms with van der Waals surface area (Å²) in [6.45, 7) is 1.63. The molecule has 4 fully saturated rings. The minimum absolute atomic E-state index is 0.0429. The number of hydrogen-bond acceptors (Lipinski definition) is 6. The van der Waals surface area contributed by atoms with E-state index in [2.05, 4.69) is 10.6 Å². The van der Waals surface area contributed by atoms with Crippen LogP contribution in [0.25, 0.3) is 0 Å². The maximum absolute atomic E-state index is 15.7. The maximum atomic E-state index is 15.7. The molecule has 9 heteroatoms. The van der Waals surface area contributed by atoms with Gasteiger partial charge >= 0.3 is 0 Å². The number of nitrogens with one attached hydrogen (secondary N) is 2. The van der Waals surface area contributed by atoms with Crippen LogP contribution in [0.15, 0.2) is 12.1 Å². The highest BCUT2D eigenvalue weighted by molar-refractivity contribution is 6.05. The number of carbonyl (C=O) groups is 3. The largest absolute Gasteiger partial charge is 0.376 e. The van der Waals surface area contributed by atoms with E-state index < -0.39 is 11.9 Å². The SMILES string of the molecule is O=C1CC[C@@H](N2Cc3c(ccc(C[C@H]4OCCC[C@@H]4NC4CCC(C5CO5)CC4)c3F)C2=O)C(=O)N1. The van der Waals surface area contributed by atoms with Crippen molar-refractivity contribution >= 4 is 17.7 Å². The molecule has 4 aliphatic heterocycles. The first-order valence-electron chi connectivity index (χ1n) is 13.4. The molecule has 194 valence electrons. The molecular weight excluding hydrogens is 465 g/mol. The summed E-state index contributed by atoms with van der Waals surface area (Å²) in [5.41, 5.74) is 1.18. The first-order valence-corrected chi connectivity index (χ1v) is 13.4. The van der Waals surface area contributed by atoms with E-state index in [1.54, 1.807) is 12.1 Å². The number of fused-ring (bicyclic) bond motifs is 1. The molecule has 3 saturated heterocycles. The zero-order chi connectivity index (χ0) is 24.8. The standard InChI is InChI=1S/C27H34FN3O5/c28-25-16(5-8-18-19(25)13-31(27(18)34)21-9-10-24(32)30-26(21)33)12-22-20(2-1-11-35-22)29-17-6-3-15(4-7-17)23-14-36-23/h5,8,15,17,20-23,29H,1-4,6-7,9-14H2,(H,30,32,33)/t15?,17?,20-,21+,22+,23?/m0/s1. The van der Waals surface area contributed by atoms with Gasteiger partial charge in [0.15, 0.2) is 0 Å². The smallest absolute Gasteiger partial charge is 0.255 e. The Kier molecular flexibility index (Phi) is 6.56. The molecule has 1 unspecified atom stereocenters. The topological polar surface area (TPSA) is 100 Å². The molecule has 8 nitrogen and oxygen atoms in total. The van der Waals surface area contributed by atoms with Crippen molar-refractivity contribution in [3.05, 3.63) is 34.6 Å². The Morgan fingerprint density at radius 1 is 1.06 bits per heavy atom. The molecule has 0 spiro atoms. The lowest BCUT2D eigenvalue weighted by Gasteiger charge is -2.37. The minimum Gasteiger partial charge on any atom is -0.376 e. The average molecular weight is 500 g/mol. The van der Waals surface area contributed by atoms with Gasteiger partial charge in [0.25, 0.3) is 5.91 Å². The lowest BCUT2D eigenvalue weighted by Crippen LogP contribution is -2.52. The van der Waals surface area contributed by atoms with Gasteiger partial charge in [-0.25, -0.2) is 4.39 Å². The van der Waals surface area contributed by atoms with Gasteiger partial charge in [-0.2, -0.15) is 0 Å². The summed E-state index contributed by atoms with van der Waals surface area (Å²) in [5, 5.41) is 6.11. The van der Waals surface area contributed by atoms with Gasteiger partial charge in [0.1, 0.15) is 11.9 Å². The summed E-state index contributed by atoms with van der Waals surface area (Å²) in [4.78, 5) is 38.2. The second-order valence-electron chi connectivity index (χ2n) is 11.0. The van der Waals surface area contributed by atoms with Gasteiger partial charge in [0.2, 0.25) is 11.8 Å². The van der Waals surface area contributed by atoms with Crippen molar-refractivity contribution in [2.75, 3.05) is 13.2 Å². The van der Waals surface area contributed by atoms with Crippen LogP contribution in [0, 0.1) is 11.7 Å². The molecule has 6 rings (SSSR count). The molecule has 1 aromatic carbocycles. The van der Waals surface area contributed by atoms with Gasteiger partial charge in [-0.05, 0) is 62.5 Å². The van der Waals surface area contributed by atoms with Crippen LogP contribution < -0.4 is 10.6 Å². The quantitative estimate of drug-likeness (QED) is 0.460. The van der Waals surface area contributed by atoms with Crippen molar-refractivity contribution in [3.8, 4) is 0 Å². The lowest BCUT2D eigenvalue weighted by atomic mass is 9.83. The second kappa shape index (κ2) is 9.84. The third-order valence-corrected chi connectivity index (χ3v) is 8.70. The summed E-state index contributed by atoms with van der Waals surface area (Å²) in [6.07, 6.45) is 7.89. The zero-order valence-electron chi connectivity index (χ0n) is 20.5. The average Bonchev–Trinajstić information content (AvgIpc) is 3.67. The molecule has 4 heterocycles. The maximum Gasteiger partial charge on any atom is 0.255 e. The van der Waals surface area contributed by atoms with Crippen LogP contribution in [0.2, 0.25) is 0 Å². The van der Waals surface area contributed by atoms with Gasteiger partial charge in [0.05, 0.1) is 25.4 Å². The molecule has 0 bridgehead atoms. The van der Waals surface area contributed by atoms with Gasteiger partial charge in [-0.3, -0.25) is 19.7 Å². The normalized spacial score (nSPS) is 34.5. The number of benzene rings is 1. The van der Waals surface area contributed by atoms with Crippen LogP contribution in [0.4, 0.5) is 4.39 Å². The summed E-state index contributed by atoms with van der Waals surface area (Å²) in [7, 11) is 0. The van der Waals surface area contributed by atoms with E-state index in [0.717, 1.165) is 32.3 Å². The minimum atomic E-state index is -0.748. The number of imide groups is 1. The predicted octanol–water partition coefficient (Wildman–Crippen LogP) is 2.22. The summed E-state index contributed by atoms with van der Waals surface area (Å²) < 4.78 is 27.3. The highest BCUT2D eigenvalue weighted by atomic mass is 19.1. The molecule has 3 amide bonds. The number of rotatable bonds is 6. The lowest BCUT2D eigenvalue weighted by molar-refractivity contribution is -0.136. The molecule has 1 saturated carbocycles. The Hall–Kier alpha value is -2.36. The molecule has 4 atom stereocenters. The Morgan fingerprint density at radius 3 is 2.61 bits per heavy atom. The Bertz CT molecular complexity index is 1050. The van der Waals surface area contributed by atoms with Crippen LogP contribution >= 0.6 is 0 Å². The third kappa shape index (κ3) is 4.68. The molecular formula is C27H34FN3O5. The Labute approximate surface area is 210 Å². The molecule has 36 heavy (non-hydrogen) atoms. The van der Waals surface area contributed by atoms with E-state index in [1.807, 2.05) is 0 Å². The Morgan fingerprint density at radius 2 is 1.86 bits per heavy atom. The van der Waals surface area contributed by atoms with Crippen LogP contribution in [0.5, 0.6) is 0 Å². The van der Waals surface area contributed by atoms with Crippen molar-refractivity contribution in [2.45, 2.75) is 94.7 Å². The van der Waals surface area contributed by atoms with Crippen LogP contribution in [0.3, 0.4) is 0 Å². The van der Waals surface area contributed by atoms with Crippen LogP contribution in [0.1, 0.15) is 72.9 Å². The number of carbonyl (C=O) groups excluding carboxylic acids is 3. The van der Waals surface area contributed by atoms with E-state index in [9.17, 15) is 14.4 Å². The number of ether oxygens (including phenoxy) is 2. The van der Waals surface area contributed by atoms with E-state index >= 15 is 4.39 Å². The molecule has 0 radical (unpaired) electrons. The zero-order valence-corrected chi connectivity index (χ0v) is 20.5. The predicted molar refractivity (Wildman–Crippen MR) is 128 cm³/mol. The van der Waals surface area contributed by atoms with Gasteiger partial charge in [0, 0.05) is 42.7 Å². The molecule has 5 aliphatic rings. The van der Waals surface area contributed by atoms with Crippen molar-refractivity contribution in [3.63, 3.8) is 0 Å². The first-order chi connectivity index (χ1) is 17.5. The number of amides is 3. The van der Waals surface area contributed by atoms with Crippen molar-refractivity contribution in [1.29, 1.82) is 0 Å². The first kappa shape index (κ1) is 24.0. The highest BCUT2D eigenvalue weighted by Crippen LogP contribution is 2.35. The van der Waals surface area contributed by atoms with Gasteiger partial charge in [-0.15, -0.1) is 0 Å². The van der Waals surface area contributed by atoms with Crippen molar-refractivity contribution < 1.29 is 28.2 Å². The summed E-state index contributed by atoms with van der Waals surface area (Å²) >= 11 is 0. The number of hydrogen-bond donors (Lipinski definition) is 2. The van der Waals surface area contributed by atoms with Crippen molar-refractivity contribution in [2.24, 2.45) is 5.92 Å². The van der Waals surface area contributed by atoms with E-state index in [1.165, 1.54) is 17.7 Å². The van der Waals surface area contributed by atoms with Crippen LogP contribution in [-0.2, 0) is 32.0 Å². The summed E-state index contributed by atoms with van der Waals surface area (Å²) in [5.74, 6) is -0.866. The monoisotopic (exact) mass is 499 g/mol. The summed E-state index contributed by atoms with van der Waals surface area (Å²) in [6, 6.07) is 3.25. The second-order valence-corrected chi connectivity index (χ2v) is 11.0. The number of halogens is 1. The molecule has 1 aliphatic carbocycles. The van der Waals surface area contributed by atoms with E-state index in [4.69, 9.17) is 9.47 Å². The fourth-order valence-electron chi connectivity index (χ4n) is 6.55. The van der Waals surface area contributed by atoms with Crippen LogP contribution in [-0.4, -0.2) is 66.2 Å². The van der Waals surface area contributed by atoms with Crippen molar-refractivity contribution in [1.82, 2.24) is 15.5 Å². The fraction of sp³-hybridized carbons (Fsp3) is 0.667. The van der Waals surface area contributed by atoms with Gasteiger partial charge in [-0.1, -0.05) is 6.07 Å². The number of epoxide rings is 1. The van der Waals surface area contributed by atoms with Gasteiger partial charge < -0.3 is 19.7 Å². The third-order valence-electron chi connectivity index (χ3n) is 8.70.